The Balaban J connectivity index is 1.45. The highest BCUT2D eigenvalue weighted by atomic mass is 127. The van der Waals surface area contributed by atoms with Crippen molar-refractivity contribution in [2.45, 2.75) is 43.1 Å². The molecule has 4 bridgehead atoms. The van der Waals surface area contributed by atoms with Gasteiger partial charge in [-0.05, 0) is 129 Å². The van der Waals surface area contributed by atoms with Crippen LogP contribution in [-0.2, 0) is 24.4 Å². The predicted octanol–water partition coefficient (Wildman–Crippen LogP) is 4.48. The topological polar surface area (TPSA) is 107 Å². The summed E-state index contributed by atoms with van der Waals surface area (Å²) in [5, 5.41) is -5.00. The van der Waals surface area contributed by atoms with Crippen LogP contribution < -0.4 is 0 Å². The van der Waals surface area contributed by atoms with Crippen molar-refractivity contribution in [3.05, 3.63) is 28.4 Å². The minimum Gasteiger partial charge on any atom is -0.458 e. The fraction of sp³-hybridized carbons (Fsp3) is 0.579. The lowest BCUT2D eigenvalue weighted by atomic mass is 9.53. The van der Waals surface area contributed by atoms with E-state index < -0.39 is 27.4 Å². The Labute approximate surface area is 223 Å². The van der Waals surface area contributed by atoms with E-state index in [1.165, 1.54) is 0 Å². The fourth-order valence-corrected chi connectivity index (χ4v) is 7.99. The first-order valence-electron chi connectivity index (χ1n) is 9.71. The SMILES string of the molecule is O=C(OC1C2CC3CC1CC(C2)C3OC(=O)C(F)(F)S(=O)(=O)O)c1cc(I)cc(I)c1I. The van der Waals surface area contributed by atoms with Crippen LogP contribution in [0.2, 0.25) is 0 Å². The highest BCUT2D eigenvalue weighted by Gasteiger charge is 2.59. The van der Waals surface area contributed by atoms with Crippen LogP contribution in [-0.4, -0.2) is 42.4 Å². The standard InChI is InChI=1S/C19H17F2I3O7S/c20-19(21,32(27,28)29)18(26)31-16-9-1-7-2-10(16)4-8(3-9)15(7)30-17(25)12-5-11(22)6-13(23)14(12)24/h5-10,15-16H,1-4H2,(H,27,28,29). The Morgan fingerprint density at radius 2 is 1.41 bits per heavy atom. The number of rotatable bonds is 5. The van der Waals surface area contributed by atoms with Gasteiger partial charge < -0.3 is 9.47 Å². The van der Waals surface area contributed by atoms with Crippen LogP contribution in [0.5, 0.6) is 0 Å². The van der Waals surface area contributed by atoms with Gasteiger partial charge in [-0.2, -0.15) is 17.2 Å². The average Bonchev–Trinajstić information content (AvgIpc) is 2.67. The van der Waals surface area contributed by atoms with Gasteiger partial charge >= 0.3 is 27.3 Å². The molecule has 176 valence electrons. The minimum absolute atomic E-state index is 0.0259. The van der Waals surface area contributed by atoms with Crippen molar-refractivity contribution in [3.8, 4) is 0 Å². The number of benzene rings is 1. The smallest absolute Gasteiger partial charge is 0.458 e. The molecule has 7 nitrogen and oxygen atoms in total. The summed E-state index contributed by atoms with van der Waals surface area (Å²) in [4.78, 5) is 24.7. The molecule has 0 heterocycles. The molecular formula is C19H17F2I3O7S. The molecule has 1 aromatic carbocycles. The number of carbonyl (C=O) groups is 2. The van der Waals surface area contributed by atoms with Crippen molar-refractivity contribution in [1.82, 2.24) is 0 Å². The quantitative estimate of drug-likeness (QED) is 0.203. The van der Waals surface area contributed by atoms with E-state index in [1.54, 1.807) is 6.07 Å². The van der Waals surface area contributed by atoms with Gasteiger partial charge in [0.05, 0.1) is 5.56 Å². The van der Waals surface area contributed by atoms with E-state index in [0.29, 0.717) is 31.2 Å². The number of hydrogen-bond acceptors (Lipinski definition) is 6. The molecule has 1 N–H and O–H groups in total. The highest BCUT2D eigenvalue weighted by molar-refractivity contribution is 14.1. The van der Waals surface area contributed by atoms with Crippen LogP contribution in [0.25, 0.3) is 0 Å². The third kappa shape index (κ3) is 4.53. The Hall–Kier alpha value is 0.120. The molecule has 4 saturated carbocycles. The summed E-state index contributed by atoms with van der Waals surface area (Å²) in [6.45, 7) is 0. The van der Waals surface area contributed by atoms with Gasteiger partial charge in [-0.1, -0.05) is 0 Å². The lowest BCUT2D eigenvalue weighted by Crippen LogP contribution is -2.58. The van der Waals surface area contributed by atoms with Gasteiger partial charge in [0.25, 0.3) is 0 Å². The molecule has 0 atom stereocenters. The second kappa shape index (κ2) is 8.96. The summed E-state index contributed by atoms with van der Waals surface area (Å²) in [5.74, 6) is -3.02. The Bertz CT molecular complexity index is 1050. The van der Waals surface area contributed by atoms with Gasteiger partial charge in [-0.3, -0.25) is 4.55 Å². The van der Waals surface area contributed by atoms with Crippen molar-refractivity contribution in [2.75, 3.05) is 0 Å². The molecule has 5 rings (SSSR count). The number of ether oxygens (including phenoxy) is 2. The molecule has 4 aliphatic rings. The fourth-order valence-electron chi connectivity index (χ4n) is 5.36. The molecule has 0 radical (unpaired) electrons. The van der Waals surface area contributed by atoms with Crippen molar-refractivity contribution in [1.29, 1.82) is 0 Å². The summed E-state index contributed by atoms with van der Waals surface area (Å²) >= 11 is 6.43. The summed E-state index contributed by atoms with van der Waals surface area (Å²) in [7, 11) is -5.90. The van der Waals surface area contributed by atoms with Crippen LogP contribution in [0.15, 0.2) is 12.1 Å². The molecule has 0 aromatic heterocycles. The monoisotopic (exact) mass is 808 g/mol. The molecule has 0 unspecified atom stereocenters. The summed E-state index contributed by atoms with van der Waals surface area (Å²) in [6, 6.07) is 3.75. The molecule has 0 amide bonds. The van der Waals surface area contributed by atoms with Crippen molar-refractivity contribution >= 4 is 89.8 Å². The first kappa shape index (κ1) is 25.2. The van der Waals surface area contributed by atoms with E-state index >= 15 is 0 Å². The maximum atomic E-state index is 13.6. The summed E-state index contributed by atoms with van der Waals surface area (Å²) in [6.07, 6.45) is 0.986. The normalized spacial score (nSPS) is 31.4. The lowest BCUT2D eigenvalue weighted by Gasteiger charge is -2.56. The van der Waals surface area contributed by atoms with Gasteiger partial charge in [0.2, 0.25) is 0 Å². The Kier molecular flexibility index (Phi) is 7.06. The molecular weight excluding hydrogens is 791 g/mol. The zero-order chi connectivity index (χ0) is 23.6. The van der Waals surface area contributed by atoms with Gasteiger partial charge in [-0.15, -0.1) is 0 Å². The van der Waals surface area contributed by atoms with E-state index in [4.69, 9.17) is 14.0 Å². The predicted molar refractivity (Wildman–Crippen MR) is 133 cm³/mol. The van der Waals surface area contributed by atoms with Crippen LogP contribution in [0.1, 0.15) is 36.0 Å². The zero-order valence-corrected chi connectivity index (χ0v) is 23.4. The first-order chi connectivity index (χ1) is 14.8. The second-order valence-electron chi connectivity index (χ2n) is 8.46. The first-order valence-corrected chi connectivity index (χ1v) is 14.4. The van der Waals surface area contributed by atoms with Gasteiger partial charge in [0, 0.05) is 10.7 Å². The average molecular weight is 808 g/mol. The molecule has 32 heavy (non-hydrogen) atoms. The number of alkyl halides is 2. The third-order valence-electron chi connectivity index (χ3n) is 6.54. The number of halogens is 5. The van der Waals surface area contributed by atoms with Crippen LogP contribution in [0.4, 0.5) is 8.78 Å². The summed E-state index contributed by atoms with van der Waals surface area (Å²) in [5.41, 5.74) is 0.509. The maximum Gasteiger partial charge on any atom is 0.465 e. The van der Waals surface area contributed by atoms with Crippen molar-refractivity contribution in [2.24, 2.45) is 23.7 Å². The van der Waals surface area contributed by atoms with Crippen LogP contribution >= 0.6 is 67.8 Å². The minimum atomic E-state index is -5.90. The van der Waals surface area contributed by atoms with E-state index in [9.17, 15) is 26.8 Å². The zero-order valence-electron chi connectivity index (χ0n) is 16.1. The van der Waals surface area contributed by atoms with E-state index in [0.717, 1.165) is 10.7 Å². The largest absolute Gasteiger partial charge is 0.465 e. The van der Waals surface area contributed by atoms with Gasteiger partial charge in [0.1, 0.15) is 12.2 Å². The Morgan fingerprint density at radius 3 is 1.88 bits per heavy atom. The molecule has 1 aromatic rings. The van der Waals surface area contributed by atoms with Crippen molar-refractivity contribution < 1.29 is 40.8 Å². The number of carbonyl (C=O) groups excluding carboxylic acids is 2. The molecule has 4 fully saturated rings. The Morgan fingerprint density at radius 1 is 0.938 bits per heavy atom. The van der Waals surface area contributed by atoms with E-state index in [-0.39, 0.29) is 35.7 Å². The van der Waals surface area contributed by atoms with Crippen LogP contribution in [0.3, 0.4) is 0 Å². The lowest BCUT2D eigenvalue weighted by molar-refractivity contribution is -0.197. The molecule has 0 spiro atoms. The van der Waals surface area contributed by atoms with E-state index in [1.807, 2.05) is 6.07 Å². The molecule has 4 aliphatic carbocycles. The van der Waals surface area contributed by atoms with Gasteiger partial charge in [-0.25, -0.2) is 9.59 Å². The van der Waals surface area contributed by atoms with Crippen LogP contribution in [0, 0.1) is 34.4 Å². The number of hydrogen-bond donors (Lipinski definition) is 1. The molecule has 0 aliphatic heterocycles. The highest BCUT2D eigenvalue weighted by Crippen LogP contribution is 2.56. The van der Waals surface area contributed by atoms with Gasteiger partial charge in [0.15, 0.2) is 0 Å². The van der Waals surface area contributed by atoms with E-state index in [2.05, 4.69) is 67.8 Å². The maximum absolute atomic E-state index is 13.6. The third-order valence-corrected chi connectivity index (χ3v) is 11.0. The second-order valence-corrected chi connectivity index (χ2v) is 13.4. The van der Waals surface area contributed by atoms with Crippen molar-refractivity contribution in [3.63, 3.8) is 0 Å². The molecule has 13 heteroatoms. The number of esters is 2. The summed E-state index contributed by atoms with van der Waals surface area (Å²) < 4.78 is 71.1. The molecule has 0 saturated heterocycles.